The number of methoxy groups -OCH3 is 1. The number of thiazole rings is 1. The molecule has 0 saturated carbocycles. The largest absolute Gasteiger partial charge is 0.497 e. The molecule has 1 heterocycles. The molecule has 4 rings (SSSR count). The summed E-state index contributed by atoms with van der Waals surface area (Å²) in [6.45, 7) is 1.88. The van der Waals surface area contributed by atoms with Crippen molar-refractivity contribution in [3.63, 3.8) is 0 Å². The van der Waals surface area contributed by atoms with Gasteiger partial charge in [0.15, 0.2) is 11.6 Å². The normalized spacial score (nSPS) is 14.2. The Labute approximate surface area is 172 Å². The Morgan fingerprint density at radius 3 is 2.34 bits per heavy atom. The van der Waals surface area contributed by atoms with Crippen LogP contribution in [-0.2, 0) is 0 Å². The van der Waals surface area contributed by atoms with Gasteiger partial charge in [-0.1, -0.05) is 31.2 Å². The van der Waals surface area contributed by atoms with Crippen LogP contribution in [0.5, 0.6) is 5.75 Å². The van der Waals surface area contributed by atoms with E-state index in [4.69, 9.17) is 4.74 Å². The third-order valence-corrected chi connectivity index (χ3v) is 5.61. The van der Waals surface area contributed by atoms with Crippen LogP contribution in [0.2, 0.25) is 0 Å². The van der Waals surface area contributed by atoms with Crippen molar-refractivity contribution in [1.29, 1.82) is 0 Å². The molecule has 7 heteroatoms. The summed E-state index contributed by atoms with van der Waals surface area (Å²) in [7, 11) is 1.63. The maximum Gasteiger partial charge on any atom is 0.203 e. The maximum absolute atomic E-state index is 12.7. The molecule has 6 nitrogen and oxygen atoms in total. The number of ketones is 2. The molecule has 1 N–H and O–H groups in total. The number of rotatable bonds is 6. The highest BCUT2D eigenvalue weighted by Crippen LogP contribution is 2.30. The highest BCUT2D eigenvalue weighted by Gasteiger charge is 2.41. The molecule has 0 amide bonds. The molecule has 0 atom stereocenters. The number of carbonyl (C=O) groups is 2. The van der Waals surface area contributed by atoms with E-state index < -0.39 is 5.92 Å². The summed E-state index contributed by atoms with van der Waals surface area (Å²) >= 11 is 1.41. The van der Waals surface area contributed by atoms with Crippen LogP contribution in [-0.4, -0.2) is 29.4 Å². The van der Waals surface area contributed by atoms with Gasteiger partial charge in [-0.2, -0.15) is 5.10 Å². The second-order valence-corrected chi connectivity index (χ2v) is 7.40. The van der Waals surface area contributed by atoms with Gasteiger partial charge < -0.3 is 4.74 Å². The van der Waals surface area contributed by atoms with Gasteiger partial charge in [0.1, 0.15) is 11.7 Å². The number of fused-ring (bicyclic) bond motifs is 1. The lowest BCUT2D eigenvalue weighted by atomic mass is 9.96. The molecule has 0 fully saturated rings. The highest BCUT2D eigenvalue weighted by atomic mass is 32.1. The van der Waals surface area contributed by atoms with Crippen molar-refractivity contribution < 1.29 is 14.3 Å². The van der Waals surface area contributed by atoms with Crippen molar-refractivity contribution in [2.75, 3.05) is 12.5 Å². The monoisotopic (exact) mass is 405 g/mol. The van der Waals surface area contributed by atoms with E-state index in [1.165, 1.54) is 11.3 Å². The standard InChI is InChI=1S/C22H19N3O3S/c1-3-17(19-20(26)15-6-4-5-7-16(15)21(19)27)24-25-22-23-18(12-29-22)13-8-10-14(28-2)11-9-13/h4-12,19H,3H2,1-2H3,(H,23,25)/b24-17+. The second kappa shape index (κ2) is 7.97. The number of Topliss-reactive ketones (excluding diaryl/α,β-unsaturated/α-hetero) is 2. The van der Waals surface area contributed by atoms with E-state index in [-0.39, 0.29) is 11.6 Å². The zero-order valence-corrected chi connectivity index (χ0v) is 16.8. The number of hydrogen-bond donors (Lipinski definition) is 1. The number of benzene rings is 2. The van der Waals surface area contributed by atoms with E-state index in [0.717, 1.165) is 17.0 Å². The fourth-order valence-electron chi connectivity index (χ4n) is 3.33. The van der Waals surface area contributed by atoms with Crippen LogP contribution in [0.25, 0.3) is 11.3 Å². The first kappa shape index (κ1) is 19.0. The Hall–Kier alpha value is -3.32. The fourth-order valence-corrected chi connectivity index (χ4v) is 3.99. The van der Waals surface area contributed by atoms with Crippen LogP contribution in [0.1, 0.15) is 34.1 Å². The minimum absolute atomic E-state index is 0.189. The van der Waals surface area contributed by atoms with Gasteiger partial charge in [0, 0.05) is 22.1 Å². The lowest BCUT2D eigenvalue weighted by Crippen LogP contribution is -2.26. The Morgan fingerprint density at radius 2 is 1.76 bits per heavy atom. The molecule has 1 aromatic heterocycles. The minimum atomic E-state index is -0.856. The molecule has 0 radical (unpaired) electrons. The molecule has 1 aliphatic carbocycles. The van der Waals surface area contributed by atoms with Crippen molar-refractivity contribution in [2.24, 2.45) is 11.0 Å². The molecule has 0 aliphatic heterocycles. The molecule has 0 unspecified atom stereocenters. The van der Waals surface area contributed by atoms with Gasteiger partial charge in [0.25, 0.3) is 0 Å². The van der Waals surface area contributed by atoms with Crippen LogP contribution in [0.4, 0.5) is 5.13 Å². The molecule has 29 heavy (non-hydrogen) atoms. The molecule has 3 aromatic rings. The summed E-state index contributed by atoms with van der Waals surface area (Å²) in [4.78, 5) is 30.0. The lowest BCUT2D eigenvalue weighted by Gasteiger charge is -2.09. The van der Waals surface area contributed by atoms with Gasteiger partial charge in [-0.3, -0.25) is 15.0 Å². The smallest absolute Gasteiger partial charge is 0.203 e. The third kappa shape index (κ3) is 3.56. The first-order valence-electron chi connectivity index (χ1n) is 9.22. The summed E-state index contributed by atoms with van der Waals surface area (Å²) in [6.07, 6.45) is 0.486. The average molecular weight is 405 g/mol. The van der Waals surface area contributed by atoms with Crippen molar-refractivity contribution >= 4 is 33.7 Å². The van der Waals surface area contributed by atoms with Crippen molar-refractivity contribution in [2.45, 2.75) is 13.3 Å². The third-order valence-electron chi connectivity index (χ3n) is 4.86. The van der Waals surface area contributed by atoms with Gasteiger partial charge >= 0.3 is 0 Å². The Balaban J connectivity index is 1.53. The Bertz CT molecular complexity index is 1070. The summed E-state index contributed by atoms with van der Waals surface area (Å²) in [6, 6.07) is 14.6. The summed E-state index contributed by atoms with van der Waals surface area (Å²) in [5, 5.41) is 6.88. The molecule has 0 saturated heterocycles. The molecule has 146 valence electrons. The van der Waals surface area contributed by atoms with Crippen LogP contribution < -0.4 is 10.2 Å². The van der Waals surface area contributed by atoms with Crippen LogP contribution in [0.15, 0.2) is 59.0 Å². The first-order chi connectivity index (χ1) is 14.1. The zero-order chi connectivity index (χ0) is 20.4. The van der Waals surface area contributed by atoms with E-state index in [0.29, 0.717) is 28.4 Å². The number of nitrogens with zero attached hydrogens (tertiary/aromatic N) is 2. The van der Waals surface area contributed by atoms with Crippen LogP contribution in [0.3, 0.4) is 0 Å². The quantitative estimate of drug-likeness (QED) is 0.365. The van der Waals surface area contributed by atoms with Gasteiger partial charge in [-0.15, -0.1) is 11.3 Å². The minimum Gasteiger partial charge on any atom is -0.497 e. The number of hydrazone groups is 1. The van der Waals surface area contributed by atoms with E-state index in [9.17, 15) is 9.59 Å². The predicted octanol–water partition coefficient (Wildman–Crippen LogP) is 4.69. The number of hydrogen-bond acceptors (Lipinski definition) is 7. The van der Waals surface area contributed by atoms with E-state index in [1.807, 2.05) is 36.6 Å². The zero-order valence-electron chi connectivity index (χ0n) is 16.0. The molecule has 0 spiro atoms. The topological polar surface area (TPSA) is 80.7 Å². The highest BCUT2D eigenvalue weighted by molar-refractivity contribution is 7.14. The molecular weight excluding hydrogens is 386 g/mol. The maximum atomic E-state index is 12.7. The van der Waals surface area contributed by atoms with E-state index in [2.05, 4.69) is 15.5 Å². The first-order valence-corrected chi connectivity index (χ1v) is 10.1. The predicted molar refractivity (Wildman–Crippen MR) is 114 cm³/mol. The second-order valence-electron chi connectivity index (χ2n) is 6.54. The summed E-state index contributed by atoms with van der Waals surface area (Å²) in [5.41, 5.74) is 6.15. The number of carbonyl (C=O) groups excluding carboxylic acids is 2. The molecule has 2 aromatic carbocycles. The number of ether oxygens (including phenoxy) is 1. The van der Waals surface area contributed by atoms with Gasteiger partial charge in [-0.05, 0) is 30.7 Å². The van der Waals surface area contributed by atoms with E-state index in [1.54, 1.807) is 31.4 Å². The Morgan fingerprint density at radius 1 is 1.10 bits per heavy atom. The van der Waals surface area contributed by atoms with Gasteiger partial charge in [0.2, 0.25) is 5.13 Å². The Kier molecular flexibility index (Phi) is 5.22. The summed E-state index contributed by atoms with van der Waals surface area (Å²) in [5.74, 6) is -0.450. The molecule has 0 bridgehead atoms. The van der Waals surface area contributed by atoms with Gasteiger partial charge in [0.05, 0.1) is 18.5 Å². The molecular formula is C22H19N3O3S. The number of anilines is 1. The van der Waals surface area contributed by atoms with Crippen LogP contribution in [0, 0.1) is 5.92 Å². The van der Waals surface area contributed by atoms with Crippen molar-refractivity contribution in [3.8, 4) is 17.0 Å². The van der Waals surface area contributed by atoms with Gasteiger partial charge in [-0.25, -0.2) is 4.98 Å². The SMILES string of the molecule is CC/C(=N\Nc1nc(-c2ccc(OC)cc2)cs1)C1C(=O)c2ccccc2C1=O. The number of nitrogens with one attached hydrogen (secondary N) is 1. The van der Waals surface area contributed by atoms with Crippen LogP contribution >= 0.6 is 11.3 Å². The number of aromatic nitrogens is 1. The lowest BCUT2D eigenvalue weighted by molar-refractivity contribution is 0.0882. The average Bonchev–Trinajstić information content (AvgIpc) is 3.33. The van der Waals surface area contributed by atoms with Crippen molar-refractivity contribution in [3.05, 3.63) is 65.0 Å². The fraction of sp³-hybridized carbons (Fsp3) is 0.182. The van der Waals surface area contributed by atoms with E-state index >= 15 is 0 Å². The molecule has 1 aliphatic rings. The van der Waals surface area contributed by atoms with Crippen molar-refractivity contribution in [1.82, 2.24) is 4.98 Å². The summed E-state index contributed by atoms with van der Waals surface area (Å²) < 4.78 is 5.17.